The molecule has 22 heavy (non-hydrogen) atoms. The Hall–Kier alpha value is -1.61. The van der Waals surface area contributed by atoms with Gasteiger partial charge in [0.25, 0.3) is 0 Å². The number of aryl methyl sites for hydroxylation is 1. The van der Waals surface area contributed by atoms with Gasteiger partial charge in [0, 0.05) is 5.56 Å². The molecule has 0 saturated heterocycles. The van der Waals surface area contributed by atoms with Crippen molar-refractivity contribution in [3.8, 4) is 17.0 Å². The molecule has 0 aliphatic rings. The van der Waals surface area contributed by atoms with Crippen molar-refractivity contribution in [2.24, 2.45) is 0 Å². The number of aromatic nitrogens is 1. The highest BCUT2D eigenvalue weighted by molar-refractivity contribution is 7.86. The summed E-state index contributed by atoms with van der Waals surface area (Å²) in [5.74, 6) is -0.774. The van der Waals surface area contributed by atoms with Crippen LogP contribution in [0.25, 0.3) is 11.3 Å². The van der Waals surface area contributed by atoms with Gasteiger partial charge in [0.1, 0.15) is 5.69 Å². The minimum absolute atomic E-state index is 0.134. The second-order valence-electron chi connectivity index (χ2n) is 4.53. The average Bonchev–Trinajstić information content (AvgIpc) is 2.80. The minimum atomic E-state index is -4.74. The average molecular weight is 351 g/mol. The van der Waals surface area contributed by atoms with Crippen LogP contribution in [0.1, 0.15) is 17.4 Å². The maximum atomic E-state index is 13.0. The Morgan fingerprint density at radius 2 is 1.82 bits per heavy atom. The van der Waals surface area contributed by atoms with Gasteiger partial charge < -0.3 is 4.18 Å². The number of halogens is 3. The van der Waals surface area contributed by atoms with E-state index < -0.39 is 26.9 Å². The first-order valence-corrected chi connectivity index (χ1v) is 8.76. The quantitative estimate of drug-likeness (QED) is 0.788. The van der Waals surface area contributed by atoms with Gasteiger partial charge in [-0.2, -0.15) is 26.0 Å². The largest absolute Gasteiger partial charge is 0.430 e. The SMILES string of the molecule is CCc1ccc(-c2nsc(C(F)(F)F)c2OS(C)(=O)=O)cc1. The zero-order valence-electron chi connectivity index (χ0n) is 11.6. The maximum Gasteiger partial charge on any atom is 0.430 e. The molecule has 1 aromatic carbocycles. The van der Waals surface area contributed by atoms with E-state index in [4.69, 9.17) is 0 Å². The zero-order chi connectivity index (χ0) is 16.5. The fourth-order valence-corrected chi connectivity index (χ4v) is 2.99. The van der Waals surface area contributed by atoms with Crippen molar-refractivity contribution in [3.05, 3.63) is 34.7 Å². The summed E-state index contributed by atoms with van der Waals surface area (Å²) in [6, 6.07) is 6.66. The lowest BCUT2D eigenvalue weighted by Gasteiger charge is -2.09. The Bertz CT molecular complexity index is 765. The fraction of sp³-hybridized carbons (Fsp3) is 0.308. The third-order valence-corrected chi connectivity index (χ3v) is 4.12. The molecule has 120 valence electrons. The van der Waals surface area contributed by atoms with Gasteiger partial charge in [0.05, 0.1) is 6.26 Å². The Morgan fingerprint density at radius 3 is 2.27 bits per heavy atom. The van der Waals surface area contributed by atoms with E-state index >= 15 is 0 Å². The Labute approximate surface area is 129 Å². The van der Waals surface area contributed by atoms with Gasteiger partial charge in [-0.25, -0.2) is 0 Å². The van der Waals surface area contributed by atoms with E-state index in [0.29, 0.717) is 11.8 Å². The molecular formula is C13H12F3NO3S2. The molecule has 0 N–H and O–H groups in total. The van der Waals surface area contributed by atoms with E-state index in [2.05, 4.69) is 8.56 Å². The second-order valence-corrected chi connectivity index (χ2v) is 6.87. The molecule has 0 amide bonds. The van der Waals surface area contributed by atoms with Crippen molar-refractivity contribution in [1.29, 1.82) is 0 Å². The van der Waals surface area contributed by atoms with E-state index in [9.17, 15) is 21.6 Å². The van der Waals surface area contributed by atoms with Gasteiger partial charge >= 0.3 is 16.3 Å². The van der Waals surface area contributed by atoms with E-state index in [1.54, 1.807) is 24.3 Å². The summed E-state index contributed by atoms with van der Waals surface area (Å²) < 4.78 is 69.7. The lowest BCUT2D eigenvalue weighted by Crippen LogP contribution is -2.11. The van der Waals surface area contributed by atoms with Gasteiger partial charge in [-0.1, -0.05) is 31.2 Å². The van der Waals surface area contributed by atoms with Gasteiger partial charge in [-0.05, 0) is 23.5 Å². The summed E-state index contributed by atoms with van der Waals surface area (Å²) in [5, 5.41) is 0. The number of hydrogen-bond donors (Lipinski definition) is 0. The molecule has 2 aromatic rings. The van der Waals surface area contributed by atoms with E-state index in [1.165, 1.54) is 0 Å². The first kappa shape index (κ1) is 16.8. The van der Waals surface area contributed by atoms with Crippen molar-refractivity contribution < 1.29 is 25.8 Å². The molecular weight excluding hydrogens is 339 g/mol. The molecule has 0 aliphatic carbocycles. The van der Waals surface area contributed by atoms with E-state index in [1.807, 2.05) is 6.92 Å². The van der Waals surface area contributed by atoms with Gasteiger partial charge in [0.2, 0.25) is 0 Å². The first-order valence-electron chi connectivity index (χ1n) is 6.17. The van der Waals surface area contributed by atoms with Crippen molar-refractivity contribution in [3.63, 3.8) is 0 Å². The third kappa shape index (κ3) is 3.77. The highest BCUT2D eigenvalue weighted by atomic mass is 32.2. The summed E-state index contributed by atoms with van der Waals surface area (Å²) in [6.07, 6.45) is -3.27. The molecule has 1 aromatic heterocycles. The molecule has 4 nitrogen and oxygen atoms in total. The van der Waals surface area contributed by atoms with Gasteiger partial charge in [-0.15, -0.1) is 0 Å². The molecule has 0 unspecified atom stereocenters. The molecule has 0 radical (unpaired) electrons. The topological polar surface area (TPSA) is 56.3 Å². The lowest BCUT2D eigenvalue weighted by atomic mass is 10.1. The molecule has 1 heterocycles. The van der Waals surface area contributed by atoms with Crippen LogP contribution in [0.3, 0.4) is 0 Å². The van der Waals surface area contributed by atoms with Crippen molar-refractivity contribution in [2.45, 2.75) is 19.5 Å². The van der Waals surface area contributed by atoms with Gasteiger partial charge in [0.15, 0.2) is 10.6 Å². The van der Waals surface area contributed by atoms with E-state index in [-0.39, 0.29) is 17.2 Å². The predicted molar refractivity (Wildman–Crippen MR) is 77.4 cm³/mol. The molecule has 0 aliphatic heterocycles. The lowest BCUT2D eigenvalue weighted by molar-refractivity contribution is -0.135. The Balaban J connectivity index is 2.57. The second kappa shape index (κ2) is 5.88. The molecule has 0 atom stereocenters. The monoisotopic (exact) mass is 351 g/mol. The van der Waals surface area contributed by atoms with Crippen LogP contribution < -0.4 is 4.18 Å². The van der Waals surface area contributed by atoms with Crippen LogP contribution in [0, 0.1) is 0 Å². The molecule has 2 rings (SSSR count). The fourth-order valence-electron chi connectivity index (χ4n) is 1.77. The smallest absolute Gasteiger partial charge is 0.379 e. The molecule has 0 saturated carbocycles. The summed E-state index contributed by atoms with van der Waals surface area (Å²) >= 11 is 0.164. The van der Waals surface area contributed by atoms with Crippen LogP contribution in [0.2, 0.25) is 0 Å². The first-order chi connectivity index (χ1) is 10.1. The Kier molecular flexibility index (Phi) is 4.48. The Morgan fingerprint density at radius 1 is 1.23 bits per heavy atom. The van der Waals surface area contributed by atoms with Crippen molar-refractivity contribution in [2.75, 3.05) is 6.26 Å². The van der Waals surface area contributed by atoms with Crippen LogP contribution in [-0.4, -0.2) is 19.0 Å². The number of alkyl halides is 3. The summed E-state index contributed by atoms with van der Waals surface area (Å²) in [4.78, 5) is -1.17. The highest BCUT2D eigenvalue weighted by Gasteiger charge is 2.40. The summed E-state index contributed by atoms with van der Waals surface area (Å²) in [7, 11) is -4.11. The van der Waals surface area contributed by atoms with Crippen LogP contribution in [-0.2, 0) is 22.7 Å². The molecule has 9 heteroatoms. The van der Waals surface area contributed by atoms with Crippen molar-refractivity contribution >= 4 is 21.7 Å². The van der Waals surface area contributed by atoms with Crippen LogP contribution >= 0.6 is 11.5 Å². The van der Waals surface area contributed by atoms with E-state index in [0.717, 1.165) is 12.0 Å². The zero-order valence-corrected chi connectivity index (χ0v) is 13.3. The minimum Gasteiger partial charge on any atom is -0.379 e. The molecule has 0 spiro atoms. The van der Waals surface area contributed by atoms with Crippen LogP contribution in [0.4, 0.5) is 13.2 Å². The number of nitrogens with zero attached hydrogens (tertiary/aromatic N) is 1. The number of rotatable bonds is 4. The number of hydrogen-bond acceptors (Lipinski definition) is 5. The highest BCUT2D eigenvalue weighted by Crippen LogP contribution is 2.45. The molecule has 0 bridgehead atoms. The normalized spacial score (nSPS) is 12.4. The van der Waals surface area contributed by atoms with Crippen LogP contribution in [0.5, 0.6) is 5.75 Å². The van der Waals surface area contributed by atoms with Crippen LogP contribution in [0.15, 0.2) is 24.3 Å². The predicted octanol–water partition coefficient (Wildman–Crippen LogP) is 3.73. The summed E-state index contributed by atoms with van der Waals surface area (Å²) in [6.45, 7) is 1.94. The standard InChI is InChI=1S/C13H12F3NO3S2/c1-3-8-4-6-9(7-5-8)10-11(20-22(2,18)19)12(21-17-10)13(14,15)16/h4-7H,3H2,1-2H3. The number of benzene rings is 1. The third-order valence-electron chi connectivity index (χ3n) is 2.78. The van der Waals surface area contributed by atoms with Gasteiger partial charge in [-0.3, -0.25) is 0 Å². The summed E-state index contributed by atoms with van der Waals surface area (Å²) in [5.41, 5.74) is 1.23. The molecule has 0 fully saturated rings. The maximum absolute atomic E-state index is 13.0. The van der Waals surface area contributed by atoms with Crippen molar-refractivity contribution in [1.82, 2.24) is 4.37 Å².